The maximum Gasteiger partial charge on any atom is 0.269 e. The Kier molecular flexibility index (Phi) is 5.27. The van der Waals surface area contributed by atoms with Crippen molar-refractivity contribution >= 4 is 22.6 Å². The van der Waals surface area contributed by atoms with E-state index in [0.29, 0.717) is 27.6 Å². The zero-order valence-corrected chi connectivity index (χ0v) is 20.3. The highest BCUT2D eigenvalue weighted by molar-refractivity contribution is 6.30. The molecular formula is C28H20ClN5O2. The van der Waals surface area contributed by atoms with E-state index in [-0.39, 0.29) is 5.56 Å². The Morgan fingerprint density at radius 1 is 0.833 bits per heavy atom. The van der Waals surface area contributed by atoms with Crippen molar-refractivity contribution in [2.24, 2.45) is 0 Å². The summed E-state index contributed by atoms with van der Waals surface area (Å²) in [7, 11) is 0. The summed E-state index contributed by atoms with van der Waals surface area (Å²) in [6.45, 7) is 3.81. The molecule has 0 saturated carbocycles. The van der Waals surface area contributed by atoms with E-state index >= 15 is 0 Å². The molecule has 0 unspecified atom stereocenters. The molecule has 0 aliphatic heterocycles. The lowest BCUT2D eigenvalue weighted by atomic mass is 10.0. The molecule has 36 heavy (non-hydrogen) atoms. The first-order valence-electron chi connectivity index (χ1n) is 11.4. The lowest BCUT2D eigenvalue weighted by molar-refractivity contribution is 0.393. The van der Waals surface area contributed by atoms with Crippen LogP contribution in [0.5, 0.6) is 0 Å². The lowest BCUT2D eigenvalue weighted by Gasteiger charge is -2.14. The highest BCUT2D eigenvalue weighted by Crippen LogP contribution is 2.30. The second kappa shape index (κ2) is 8.62. The zero-order valence-electron chi connectivity index (χ0n) is 19.5. The minimum Gasteiger partial charge on any atom is -0.361 e. The molecule has 0 bridgehead atoms. The first-order chi connectivity index (χ1) is 17.5. The van der Waals surface area contributed by atoms with E-state index in [1.165, 1.54) is 0 Å². The maximum atomic E-state index is 13.8. The van der Waals surface area contributed by atoms with Gasteiger partial charge in [-0.15, -0.1) is 0 Å². The molecule has 0 N–H and O–H groups in total. The van der Waals surface area contributed by atoms with E-state index in [0.717, 1.165) is 33.8 Å². The van der Waals surface area contributed by atoms with E-state index in [1.54, 1.807) is 39.7 Å². The van der Waals surface area contributed by atoms with E-state index in [1.807, 2.05) is 68.4 Å². The van der Waals surface area contributed by atoms with Crippen LogP contribution < -0.4 is 5.56 Å². The number of hydrogen-bond acceptors (Lipinski definition) is 5. The number of rotatable bonds is 4. The minimum absolute atomic E-state index is 0.214. The van der Waals surface area contributed by atoms with Crippen LogP contribution in [0, 0.1) is 13.8 Å². The van der Waals surface area contributed by atoms with Crippen molar-refractivity contribution < 1.29 is 4.52 Å². The number of benzene rings is 3. The Morgan fingerprint density at radius 3 is 2.19 bits per heavy atom. The van der Waals surface area contributed by atoms with Gasteiger partial charge in [-0.05, 0) is 55.8 Å². The highest BCUT2D eigenvalue weighted by Gasteiger charge is 2.19. The van der Waals surface area contributed by atoms with Gasteiger partial charge < -0.3 is 4.52 Å². The molecule has 3 heterocycles. The van der Waals surface area contributed by atoms with Crippen molar-refractivity contribution in [1.29, 1.82) is 0 Å². The first-order valence-corrected chi connectivity index (χ1v) is 11.7. The van der Waals surface area contributed by atoms with E-state index in [2.05, 4.69) is 10.3 Å². The van der Waals surface area contributed by atoms with Gasteiger partial charge in [-0.2, -0.15) is 5.10 Å². The molecule has 8 heteroatoms. The average molecular weight is 494 g/mol. The first kappa shape index (κ1) is 22.0. The molecule has 0 aliphatic carbocycles. The summed E-state index contributed by atoms with van der Waals surface area (Å²) in [5.74, 6) is 1.25. The summed E-state index contributed by atoms with van der Waals surface area (Å²) in [5, 5.41) is 9.55. The molecule has 0 radical (unpaired) electrons. The second-order valence-corrected chi connectivity index (χ2v) is 8.89. The van der Waals surface area contributed by atoms with Crippen LogP contribution in [0.25, 0.3) is 44.9 Å². The van der Waals surface area contributed by atoms with Crippen molar-refractivity contribution in [1.82, 2.24) is 24.5 Å². The van der Waals surface area contributed by atoms with E-state index in [4.69, 9.17) is 21.1 Å². The van der Waals surface area contributed by atoms with Gasteiger partial charge >= 0.3 is 0 Å². The molecule has 3 aromatic heterocycles. The maximum absolute atomic E-state index is 13.8. The van der Waals surface area contributed by atoms with Gasteiger partial charge in [0.15, 0.2) is 5.65 Å². The molecule has 0 amide bonds. The summed E-state index contributed by atoms with van der Waals surface area (Å²) in [6.07, 6.45) is 1.56. The number of para-hydroxylation sites is 1. The van der Waals surface area contributed by atoms with E-state index < -0.39 is 0 Å². The third kappa shape index (κ3) is 3.61. The van der Waals surface area contributed by atoms with Crippen molar-refractivity contribution in [2.45, 2.75) is 13.8 Å². The predicted molar refractivity (Wildman–Crippen MR) is 140 cm³/mol. The Labute approximate surface area is 211 Å². The smallest absolute Gasteiger partial charge is 0.269 e. The molecule has 0 aliphatic rings. The number of halogens is 1. The normalized spacial score (nSPS) is 11.3. The van der Waals surface area contributed by atoms with Crippen LogP contribution in [0.4, 0.5) is 0 Å². The van der Waals surface area contributed by atoms with Crippen LogP contribution in [0.1, 0.15) is 11.5 Å². The Morgan fingerprint density at radius 2 is 1.53 bits per heavy atom. The molecule has 3 aromatic carbocycles. The Bertz CT molecular complexity index is 1750. The average Bonchev–Trinajstić information content (AvgIpc) is 3.48. The molecule has 6 rings (SSSR count). The summed E-state index contributed by atoms with van der Waals surface area (Å²) >= 11 is 6.12. The fraction of sp³-hybridized carbons (Fsp3) is 0.0714. The molecule has 0 fully saturated rings. The van der Waals surface area contributed by atoms with Gasteiger partial charge in [0.1, 0.15) is 17.0 Å². The summed E-state index contributed by atoms with van der Waals surface area (Å²) in [6, 6.07) is 24.6. The van der Waals surface area contributed by atoms with Gasteiger partial charge in [0, 0.05) is 16.1 Å². The van der Waals surface area contributed by atoms with Crippen LogP contribution in [-0.4, -0.2) is 24.5 Å². The Hall–Kier alpha value is -4.49. The van der Waals surface area contributed by atoms with Gasteiger partial charge in [-0.1, -0.05) is 59.2 Å². The molecule has 176 valence electrons. The fourth-order valence-corrected chi connectivity index (χ4v) is 4.56. The molecule has 7 nitrogen and oxygen atoms in total. The molecule has 0 saturated heterocycles. The van der Waals surface area contributed by atoms with Gasteiger partial charge in [0.2, 0.25) is 0 Å². The topological polar surface area (TPSA) is 78.7 Å². The lowest BCUT2D eigenvalue weighted by Crippen LogP contribution is -2.22. The molecule has 0 spiro atoms. The Balaban J connectivity index is 1.59. The number of hydrogen-bond donors (Lipinski definition) is 0. The van der Waals surface area contributed by atoms with Gasteiger partial charge in [0.05, 0.1) is 23.3 Å². The predicted octanol–water partition coefficient (Wildman–Crippen LogP) is 6.16. The van der Waals surface area contributed by atoms with Crippen molar-refractivity contribution in [3.63, 3.8) is 0 Å². The zero-order chi connectivity index (χ0) is 24.8. The van der Waals surface area contributed by atoms with E-state index in [9.17, 15) is 4.79 Å². The number of nitrogens with zero attached hydrogens (tertiary/aromatic N) is 5. The third-order valence-corrected chi connectivity index (χ3v) is 6.40. The summed E-state index contributed by atoms with van der Waals surface area (Å²) < 4.78 is 8.62. The van der Waals surface area contributed by atoms with Crippen molar-refractivity contribution in [3.05, 3.63) is 112 Å². The quantitative estimate of drug-likeness (QED) is 0.293. The summed E-state index contributed by atoms with van der Waals surface area (Å²) in [5.41, 5.74) is 5.30. The van der Waals surface area contributed by atoms with Crippen LogP contribution in [-0.2, 0) is 0 Å². The molecule has 6 aromatic rings. The highest BCUT2D eigenvalue weighted by atomic mass is 35.5. The fourth-order valence-electron chi connectivity index (χ4n) is 4.43. The molecular weight excluding hydrogens is 474 g/mol. The number of aromatic nitrogens is 5. The monoisotopic (exact) mass is 493 g/mol. The number of aryl methyl sites for hydroxylation is 2. The van der Waals surface area contributed by atoms with Gasteiger partial charge in [0.25, 0.3) is 5.56 Å². The molecule has 0 atom stereocenters. The standard InChI is InChI=1S/C28H20ClN5O2/c1-17-25(18(2)36-32-17)19-8-10-20(11-9-19)26-31-27-24(16-30-34(27)23-6-4-3-5-7-23)28(35)33(26)22-14-12-21(29)13-15-22/h3-16H,1-2H3. The third-order valence-electron chi connectivity index (χ3n) is 6.15. The second-order valence-electron chi connectivity index (χ2n) is 8.46. The largest absolute Gasteiger partial charge is 0.361 e. The van der Waals surface area contributed by atoms with Gasteiger partial charge in [-0.25, -0.2) is 9.67 Å². The number of fused-ring (bicyclic) bond motifs is 1. The van der Waals surface area contributed by atoms with Crippen LogP contribution in [0.15, 0.2) is 94.4 Å². The van der Waals surface area contributed by atoms with Crippen LogP contribution >= 0.6 is 11.6 Å². The van der Waals surface area contributed by atoms with Crippen LogP contribution in [0.2, 0.25) is 5.02 Å². The van der Waals surface area contributed by atoms with Gasteiger partial charge in [-0.3, -0.25) is 9.36 Å². The SMILES string of the molecule is Cc1noc(C)c1-c1ccc(-c2nc3c(cnn3-c3ccccc3)c(=O)n2-c2ccc(Cl)cc2)cc1. The minimum atomic E-state index is -0.214. The van der Waals surface area contributed by atoms with Crippen molar-refractivity contribution in [2.75, 3.05) is 0 Å². The van der Waals surface area contributed by atoms with Crippen LogP contribution in [0.3, 0.4) is 0 Å². The summed E-state index contributed by atoms with van der Waals surface area (Å²) in [4.78, 5) is 18.8. The van der Waals surface area contributed by atoms with Crippen molar-refractivity contribution in [3.8, 4) is 33.9 Å².